The molecule has 0 fully saturated rings. The molecular formula is C32H40FN3O4S. The summed E-state index contributed by atoms with van der Waals surface area (Å²) in [6.07, 6.45) is 1.02. The maximum atomic E-state index is 14.1. The van der Waals surface area contributed by atoms with Crippen molar-refractivity contribution in [2.75, 3.05) is 10.8 Å². The van der Waals surface area contributed by atoms with Gasteiger partial charge >= 0.3 is 0 Å². The predicted molar refractivity (Wildman–Crippen MR) is 161 cm³/mol. The molecular weight excluding hydrogens is 541 g/mol. The predicted octanol–water partition coefficient (Wildman–Crippen LogP) is 5.67. The third-order valence-corrected chi connectivity index (χ3v) is 8.82. The first-order valence-electron chi connectivity index (χ1n) is 13.9. The van der Waals surface area contributed by atoms with Crippen molar-refractivity contribution in [3.8, 4) is 0 Å². The number of carbonyl (C=O) groups is 2. The lowest BCUT2D eigenvalue weighted by atomic mass is 10.1. The fourth-order valence-corrected chi connectivity index (χ4v) is 6.01. The van der Waals surface area contributed by atoms with E-state index in [4.69, 9.17) is 0 Å². The lowest BCUT2D eigenvalue weighted by Gasteiger charge is -2.34. The van der Waals surface area contributed by atoms with Gasteiger partial charge in [-0.1, -0.05) is 49.7 Å². The Bertz CT molecular complexity index is 1440. The second-order valence-corrected chi connectivity index (χ2v) is 12.4. The van der Waals surface area contributed by atoms with Crippen molar-refractivity contribution >= 4 is 27.5 Å². The molecule has 3 aromatic carbocycles. The van der Waals surface area contributed by atoms with Crippen LogP contribution in [-0.4, -0.2) is 43.8 Å². The van der Waals surface area contributed by atoms with E-state index in [1.165, 1.54) is 29.2 Å². The van der Waals surface area contributed by atoms with Crippen molar-refractivity contribution in [1.29, 1.82) is 0 Å². The molecule has 0 heterocycles. The highest BCUT2D eigenvalue weighted by molar-refractivity contribution is 7.92. The van der Waals surface area contributed by atoms with Crippen molar-refractivity contribution in [2.24, 2.45) is 0 Å². The van der Waals surface area contributed by atoms with Gasteiger partial charge in [-0.3, -0.25) is 13.9 Å². The zero-order valence-corrected chi connectivity index (χ0v) is 25.5. The normalized spacial score (nSPS) is 12.9. The third-order valence-electron chi connectivity index (χ3n) is 7.04. The van der Waals surface area contributed by atoms with Crippen LogP contribution >= 0.6 is 0 Å². The molecule has 0 spiro atoms. The van der Waals surface area contributed by atoms with Gasteiger partial charge in [0, 0.05) is 12.6 Å². The largest absolute Gasteiger partial charge is 0.352 e. The molecule has 0 aliphatic heterocycles. The van der Waals surface area contributed by atoms with E-state index in [1.807, 2.05) is 40.7 Å². The summed E-state index contributed by atoms with van der Waals surface area (Å²) in [5.41, 5.74) is 3.57. The topological polar surface area (TPSA) is 86.8 Å². The van der Waals surface area contributed by atoms with E-state index in [2.05, 4.69) is 5.32 Å². The first kappa shape index (κ1) is 31.8. The molecule has 0 unspecified atom stereocenters. The number of halogens is 1. The van der Waals surface area contributed by atoms with Crippen LogP contribution in [0.1, 0.15) is 55.9 Å². The Kier molecular flexibility index (Phi) is 10.7. The number of amides is 2. The van der Waals surface area contributed by atoms with Crippen molar-refractivity contribution in [2.45, 2.75) is 77.9 Å². The number of benzene rings is 3. The van der Waals surface area contributed by atoms with Crippen molar-refractivity contribution < 1.29 is 22.4 Å². The van der Waals surface area contributed by atoms with E-state index in [0.29, 0.717) is 24.1 Å². The average Bonchev–Trinajstić information content (AvgIpc) is 2.92. The summed E-state index contributed by atoms with van der Waals surface area (Å²) in [5, 5.41) is 2.95. The van der Waals surface area contributed by atoms with Crippen LogP contribution in [0, 0.1) is 26.6 Å². The molecule has 0 saturated heterocycles. The molecule has 9 heteroatoms. The van der Waals surface area contributed by atoms with Gasteiger partial charge in [0.25, 0.3) is 10.0 Å². The Balaban J connectivity index is 2.09. The van der Waals surface area contributed by atoms with Crippen molar-refractivity contribution in [3.05, 3.63) is 94.8 Å². The van der Waals surface area contributed by atoms with Crippen LogP contribution < -0.4 is 9.62 Å². The molecule has 2 amide bonds. The van der Waals surface area contributed by atoms with Crippen LogP contribution in [0.5, 0.6) is 0 Å². The highest BCUT2D eigenvalue weighted by Crippen LogP contribution is 2.27. The molecule has 2 atom stereocenters. The van der Waals surface area contributed by atoms with Gasteiger partial charge in [-0.15, -0.1) is 0 Å². The minimum atomic E-state index is -4.15. The number of hydrogen-bond acceptors (Lipinski definition) is 4. The van der Waals surface area contributed by atoms with Gasteiger partial charge in [-0.05, 0) is 93.6 Å². The summed E-state index contributed by atoms with van der Waals surface area (Å²) in [7, 11) is -4.15. The van der Waals surface area contributed by atoms with Crippen molar-refractivity contribution in [3.63, 3.8) is 0 Å². The van der Waals surface area contributed by atoms with E-state index in [1.54, 1.807) is 43.3 Å². The van der Waals surface area contributed by atoms with E-state index in [-0.39, 0.29) is 23.4 Å². The maximum Gasteiger partial charge on any atom is 0.264 e. The zero-order chi connectivity index (χ0) is 30.3. The molecule has 3 aromatic rings. The Hall–Kier alpha value is -3.72. The molecule has 220 valence electrons. The number of aryl methyl sites for hydroxylation is 3. The van der Waals surface area contributed by atoms with Gasteiger partial charge in [0.2, 0.25) is 11.8 Å². The SMILES string of the molecule is CC[C@H](C(=O)N[C@@H](C)CC)N(Cc1ccc(F)cc1)C(=O)CN(c1cc(C)cc(C)c1)S(=O)(=O)c1ccc(C)cc1. The maximum absolute atomic E-state index is 14.1. The highest BCUT2D eigenvalue weighted by atomic mass is 32.2. The van der Waals surface area contributed by atoms with Crippen LogP contribution in [0.2, 0.25) is 0 Å². The molecule has 0 bridgehead atoms. The molecule has 7 nitrogen and oxygen atoms in total. The summed E-state index contributed by atoms with van der Waals surface area (Å²) in [6, 6.07) is 16.6. The van der Waals surface area contributed by atoms with Crippen LogP contribution in [-0.2, 0) is 26.2 Å². The monoisotopic (exact) mass is 581 g/mol. The second kappa shape index (κ2) is 13.8. The molecule has 1 N–H and O–H groups in total. The minimum absolute atomic E-state index is 0.0107. The number of rotatable bonds is 12. The first-order valence-corrected chi connectivity index (χ1v) is 15.3. The molecule has 3 rings (SSSR count). The summed E-state index contributed by atoms with van der Waals surface area (Å²) in [4.78, 5) is 28.9. The second-order valence-electron chi connectivity index (χ2n) is 10.6. The van der Waals surface area contributed by atoms with Crippen LogP contribution in [0.4, 0.5) is 10.1 Å². The number of hydrogen-bond donors (Lipinski definition) is 1. The van der Waals surface area contributed by atoms with E-state index >= 15 is 0 Å². The number of nitrogens with one attached hydrogen (secondary N) is 1. The van der Waals surface area contributed by atoms with E-state index < -0.39 is 34.3 Å². The molecule has 0 saturated carbocycles. The van der Waals surface area contributed by atoms with Crippen LogP contribution in [0.25, 0.3) is 0 Å². The van der Waals surface area contributed by atoms with Gasteiger partial charge in [0.1, 0.15) is 18.4 Å². The Morgan fingerprint density at radius 3 is 1.98 bits per heavy atom. The van der Waals surface area contributed by atoms with Crippen molar-refractivity contribution in [1.82, 2.24) is 10.2 Å². The Morgan fingerprint density at radius 2 is 1.44 bits per heavy atom. The number of anilines is 1. The van der Waals surface area contributed by atoms with Gasteiger partial charge in [-0.2, -0.15) is 0 Å². The van der Waals surface area contributed by atoms with Gasteiger partial charge in [-0.25, -0.2) is 12.8 Å². The fourth-order valence-electron chi connectivity index (χ4n) is 4.61. The molecule has 0 radical (unpaired) electrons. The number of nitrogens with zero attached hydrogens (tertiary/aromatic N) is 2. The van der Waals surface area contributed by atoms with E-state index in [0.717, 1.165) is 21.0 Å². The van der Waals surface area contributed by atoms with Crippen LogP contribution in [0.15, 0.2) is 71.6 Å². The summed E-state index contributed by atoms with van der Waals surface area (Å²) >= 11 is 0. The van der Waals surface area contributed by atoms with Gasteiger partial charge in [0.15, 0.2) is 0 Å². The number of carbonyl (C=O) groups excluding carboxylic acids is 2. The highest BCUT2D eigenvalue weighted by Gasteiger charge is 2.34. The lowest BCUT2D eigenvalue weighted by Crippen LogP contribution is -2.53. The fraction of sp³-hybridized carbons (Fsp3) is 0.375. The van der Waals surface area contributed by atoms with Gasteiger partial charge in [0.05, 0.1) is 10.6 Å². The van der Waals surface area contributed by atoms with Gasteiger partial charge < -0.3 is 10.2 Å². The average molecular weight is 582 g/mol. The Labute approximate surface area is 243 Å². The lowest BCUT2D eigenvalue weighted by molar-refractivity contribution is -0.140. The quantitative estimate of drug-likeness (QED) is 0.299. The third kappa shape index (κ3) is 8.16. The molecule has 41 heavy (non-hydrogen) atoms. The first-order chi connectivity index (χ1) is 19.3. The zero-order valence-electron chi connectivity index (χ0n) is 24.6. The minimum Gasteiger partial charge on any atom is -0.352 e. The number of sulfonamides is 1. The summed E-state index contributed by atoms with van der Waals surface area (Å²) < 4.78 is 42.8. The standard InChI is InChI=1S/C32H40FN3O4S/c1-7-25(6)34-32(38)30(8-2)35(20-26-11-13-27(33)14-12-26)31(37)21-36(28-18-23(4)17-24(5)19-28)41(39,40)29-15-9-22(3)10-16-29/h9-19,25,30H,7-8,20-21H2,1-6H3,(H,34,38)/t25-,30+/m0/s1. The molecule has 0 aromatic heterocycles. The summed E-state index contributed by atoms with van der Waals surface area (Å²) in [5.74, 6) is -1.29. The van der Waals surface area contributed by atoms with E-state index in [9.17, 15) is 22.4 Å². The van der Waals surface area contributed by atoms with Crippen LogP contribution in [0.3, 0.4) is 0 Å². The Morgan fingerprint density at radius 1 is 0.854 bits per heavy atom. The molecule has 0 aliphatic carbocycles. The summed E-state index contributed by atoms with van der Waals surface area (Å²) in [6.45, 7) is 10.7. The molecule has 0 aliphatic rings. The smallest absolute Gasteiger partial charge is 0.264 e.